The number of amides is 1. The monoisotopic (exact) mass is 326 g/mol. The van der Waals surface area contributed by atoms with Crippen molar-refractivity contribution in [3.8, 4) is 0 Å². The van der Waals surface area contributed by atoms with Gasteiger partial charge in [-0.05, 0) is 31.7 Å². The molecule has 4 heterocycles. The lowest BCUT2D eigenvalue weighted by molar-refractivity contribution is 0.0588. The van der Waals surface area contributed by atoms with Crippen LogP contribution in [0.4, 0.5) is 0 Å². The zero-order valence-electron chi connectivity index (χ0n) is 11.7. The lowest BCUT2D eigenvalue weighted by atomic mass is 9.85. The van der Waals surface area contributed by atoms with Crippen LogP contribution in [0.25, 0.3) is 4.96 Å². The van der Waals surface area contributed by atoms with E-state index in [9.17, 15) is 4.79 Å². The van der Waals surface area contributed by atoms with Crippen LogP contribution in [0.3, 0.4) is 0 Å². The SMILES string of the molecule is Cl.O=C(c1cn2ccsc2n1)N1CC[C@@H]2NCCC[C@@H]2C1. The maximum atomic E-state index is 12.6. The molecule has 0 spiro atoms. The number of hydrogen-bond donors (Lipinski definition) is 1. The summed E-state index contributed by atoms with van der Waals surface area (Å²) >= 11 is 1.56. The standard InChI is InChI=1S/C14H18N4OS.ClH/c19-13(12-9-18-6-7-20-14(18)16-12)17-5-3-11-10(8-17)2-1-4-15-11;/h6-7,9-11,15H,1-5,8H2;1H/t10-,11+;/m1./s1. The van der Waals surface area contributed by atoms with Gasteiger partial charge in [0.15, 0.2) is 4.96 Å². The third-order valence-corrected chi connectivity index (χ3v) is 5.26. The lowest BCUT2D eigenvalue weighted by Crippen LogP contribution is -2.53. The van der Waals surface area contributed by atoms with Crippen LogP contribution in [0.15, 0.2) is 17.8 Å². The summed E-state index contributed by atoms with van der Waals surface area (Å²) in [6.07, 6.45) is 7.32. The van der Waals surface area contributed by atoms with Gasteiger partial charge in [0.2, 0.25) is 0 Å². The molecule has 2 aliphatic heterocycles. The first-order chi connectivity index (χ1) is 9.81. The summed E-state index contributed by atoms with van der Waals surface area (Å²) in [4.78, 5) is 19.9. The van der Waals surface area contributed by atoms with E-state index in [0.29, 0.717) is 17.7 Å². The number of thiazole rings is 1. The number of piperidine rings is 2. The van der Waals surface area contributed by atoms with Crippen molar-refractivity contribution in [3.63, 3.8) is 0 Å². The number of likely N-dealkylation sites (tertiary alicyclic amines) is 1. The predicted molar refractivity (Wildman–Crippen MR) is 85.4 cm³/mol. The highest BCUT2D eigenvalue weighted by Gasteiger charge is 2.33. The fourth-order valence-corrected chi connectivity index (χ4v) is 4.12. The van der Waals surface area contributed by atoms with Gasteiger partial charge in [0, 0.05) is 36.9 Å². The third kappa shape index (κ3) is 2.67. The van der Waals surface area contributed by atoms with Crippen molar-refractivity contribution >= 4 is 34.6 Å². The quantitative estimate of drug-likeness (QED) is 0.872. The topological polar surface area (TPSA) is 49.6 Å². The van der Waals surface area contributed by atoms with Gasteiger partial charge in [0.1, 0.15) is 5.69 Å². The van der Waals surface area contributed by atoms with Crippen LogP contribution < -0.4 is 5.32 Å². The Bertz CT molecular complexity index is 611. The zero-order valence-corrected chi connectivity index (χ0v) is 13.3. The minimum absolute atomic E-state index is 0. The van der Waals surface area contributed by atoms with Crippen LogP contribution >= 0.6 is 23.7 Å². The molecule has 1 N–H and O–H groups in total. The normalized spacial score (nSPS) is 25.4. The molecule has 4 rings (SSSR count). The largest absolute Gasteiger partial charge is 0.337 e. The minimum atomic E-state index is 0. The van der Waals surface area contributed by atoms with E-state index < -0.39 is 0 Å². The molecule has 2 atom stereocenters. The van der Waals surface area contributed by atoms with Crippen LogP contribution in [-0.4, -0.2) is 45.9 Å². The molecule has 0 radical (unpaired) electrons. The van der Waals surface area contributed by atoms with E-state index in [0.717, 1.165) is 31.0 Å². The summed E-state index contributed by atoms with van der Waals surface area (Å²) in [5, 5.41) is 5.56. The average Bonchev–Trinajstić information content (AvgIpc) is 3.07. The molecule has 21 heavy (non-hydrogen) atoms. The summed E-state index contributed by atoms with van der Waals surface area (Å²) in [6, 6.07) is 0.610. The van der Waals surface area contributed by atoms with Gasteiger partial charge in [-0.15, -0.1) is 23.7 Å². The molecule has 0 aromatic carbocycles. The molecule has 114 valence electrons. The van der Waals surface area contributed by atoms with Crippen LogP contribution in [0.5, 0.6) is 0 Å². The second kappa shape index (κ2) is 5.94. The van der Waals surface area contributed by atoms with E-state index in [2.05, 4.69) is 10.3 Å². The van der Waals surface area contributed by atoms with Crippen molar-refractivity contribution in [1.29, 1.82) is 0 Å². The molecule has 0 saturated carbocycles. The first-order valence-corrected chi connectivity index (χ1v) is 8.14. The molecular weight excluding hydrogens is 308 g/mol. The number of hydrogen-bond acceptors (Lipinski definition) is 4. The fraction of sp³-hybridized carbons (Fsp3) is 0.571. The van der Waals surface area contributed by atoms with Gasteiger partial charge in [-0.3, -0.25) is 9.20 Å². The van der Waals surface area contributed by atoms with Gasteiger partial charge in [-0.2, -0.15) is 0 Å². The number of nitrogens with one attached hydrogen (secondary N) is 1. The number of carbonyl (C=O) groups excluding carboxylic acids is 1. The number of fused-ring (bicyclic) bond motifs is 2. The van der Waals surface area contributed by atoms with Crippen molar-refractivity contribution in [2.75, 3.05) is 19.6 Å². The van der Waals surface area contributed by atoms with Crippen molar-refractivity contribution < 1.29 is 4.79 Å². The minimum Gasteiger partial charge on any atom is -0.337 e. The highest BCUT2D eigenvalue weighted by atomic mass is 35.5. The van der Waals surface area contributed by atoms with Crippen molar-refractivity contribution in [3.05, 3.63) is 23.5 Å². The Morgan fingerprint density at radius 1 is 1.43 bits per heavy atom. The average molecular weight is 327 g/mol. The lowest BCUT2D eigenvalue weighted by Gasteiger charge is -2.41. The van der Waals surface area contributed by atoms with Crippen molar-refractivity contribution in [1.82, 2.24) is 19.6 Å². The molecule has 2 aliphatic rings. The Labute approximate surface area is 133 Å². The predicted octanol–water partition coefficient (Wildman–Crippen LogP) is 2.03. The Kier molecular flexibility index (Phi) is 4.19. The number of nitrogens with zero attached hydrogens (tertiary/aromatic N) is 3. The Balaban J connectivity index is 0.00000132. The zero-order chi connectivity index (χ0) is 13.5. The molecule has 5 nitrogen and oxygen atoms in total. The van der Waals surface area contributed by atoms with Crippen LogP contribution in [0, 0.1) is 5.92 Å². The Morgan fingerprint density at radius 2 is 2.33 bits per heavy atom. The van der Waals surface area contributed by atoms with Crippen LogP contribution in [-0.2, 0) is 0 Å². The molecule has 2 aromatic heterocycles. The van der Waals surface area contributed by atoms with Gasteiger partial charge >= 0.3 is 0 Å². The van der Waals surface area contributed by atoms with Gasteiger partial charge < -0.3 is 10.2 Å². The molecule has 0 unspecified atom stereocenters. The first kappa shape index (κ1) is 14.8. The molecule has 2 aromatic rings. The van der Waals surface area contributed by atoms with E-state index in [1.807, 2.05) is 27.1 Å². The second-order valence-electron chi connectivity index (χ2n) is 5.72. The van der Waals surface area contributed by atoms with Crippen molar-refractivity contribution in [2.45, 2.75) is 25.3 Å². The van der Waals surface area contributed by atoms with E-state index in [1.165, 1.54) is 12.8 Å². The van der Waals surface area contributed by atoms with Gasteiger partial charge in [0.25, 0.3) is 5.91 Å². The number of halogens is 1. The van der Waals surface area contributed by atoms with E-state index in [-0.39, 0.29) is 18.3 Å². The summed E-state index contributed by atoms with van der Waals surface area (Å²) in [5.74, 6) is 0.704. The number of aromatic nitrogens is 2. The van der Waals surface area contributed by atoms with Gasteiger partial charge in [-0.1, -0.05) is 0 Å². The fourth-order valence-electron chi connectivity index (χ4n) is 3.42. The number of carbonyl (C=O) groups is 1. The van der Waals surface area contributed by atoms with Gasteiger partial charge in [0.05, 0.1) is 0 Å². The smallest absolute Gasteiger partial charge is 0.274 e. The molecular formula is C14H19ClN4OS. The third-order valence-electron chi connectivity index (χ3n) is 4.49. The van der Waals surface area contributed by atoms with Crippen molar-refractivity contribution in [2.24, 2.45) is 5.92 Å². The second-order valence-corrected chi connectivity index (χ2v) is 6.59. The summed E-state index contributed by atoms with van der Waals surface area (Å²) < 4.78 is 1.92. The highest BCUT2D eigenvalue weighted by molar-refractivity contribution is 7.15. The first-order valence-electron chi connectivity index (χ1n) is 7.26. The summed E-state index contributed by atoms with van der Waals surface area (Å²) in [7, 11) is 0. The number of imidazole rings is 1. The molecule has 0 aliphatic carbocycles. The van der Waals surface area contributed by atoms with Gasteiger partial charge in [-0.25, -0.2) is 4.98 Å². The molecule has 2 fully saturated rings. The van der Waals surface area contributed by atoms with E-state index >= 15 is 0 Å². The van der Waals surface area contributed by atoms with E-state index in [4.69, 9.17) is 0 Å². The summed E-state index contributed by atoms with van der Waals surface area (Å²) in [5.41, 5.74) is 0.582. The maximum absolute atomic E-state index is 12.6. The molecule has 1 amide bonds. The summed E-state index contributed by atoms with van der Waals surface area (Å²) in [6.45, 7) is 2.85. The molecule has 2 saturated heterocycles. The molecule has 0 bridgehead atoms. The Morgan fingerprint density at radius 3 is 3.19 bits per heavy atom. The van der Waals surface area contributed by atoms with E-state index in [1.54, 1.807) is 11.3 Å². The highest BCUT2D eigenvalue weighted by Crippen LogP contribution is 2.26. The number of rotatable bonds is 1. The van der Waals surface area contributed by atoms with Crippen LogP contribution in [0.2, 0.25) is 0 Å². The van der Waals surface area contributed by atoms with Crippen LogP contribution in [0.1, 0.15) is 29.8 Å². The molecule has 7 heteroatoms. The maximum Gasteiger partial charge on any atom is 0.274 e. The Hall–Kier alpha value is -1.11.